The zero-order valence-electron chi connectivity index (χ0n) is 14.1. The van der Waals surface area contributed by atoms with E-state index in [-0.39, 0.29) is 18.1 Å². The molecule has 3 aromatic rings. The molecule has 8 heteroatoms. The van der Waals surface area contributed by atoms with Crippen LogP contribution in [0.15, 0.2) is 29.2 Å². The van der Waals surface area contributed by atoms with Crippen molar-refractivity contribution < 1.29 is 4.39 Å². The van der Waals surface area contributed by atoms with E-state index in [0.29, 0.717) is 30.2 Å². The van der Waals surface area contributed by atoms with E-state index in [9.17, 15) is 9.18 Å². The van der Waals surface area contributed by atoms with Crippen molar-refractivity contribution >= 4 is 17.1 Å². The van der Waals surface area contributed by atoms with E-state index in [4.69, 9.17) is 5.73 Å². The third-order valence-electron chi connectivity index (χ3n) is 4.06. The Labute approximate surface area is 144 Å². The van der Waals surface area contributed by atoms with Gasteiger partial charge < -0.3 is 16.0 Å². The van der Waals surface area contributed by atoms with E-state index in [2.05, 4.69) is 20.3 Å². The first-order chi connectivity index (χ1) is 12.1. The van der Waals surface area contributed by atoms with Gasteiger partial charge in [-0.1, -0.05) is 6.07 Å². The summed E-state index contributed by atoms with van der Waals surface area (Å²) in [6.07, 6.45) is 3.41. The van der Waals surface area contributed by atoms with Gasteiger partial charge in [0.25, 0.3) is 0 Å². The molecule has 2 heterocycles. The van der Waals surface area contributed by atoms with Crippen LogP contribution < -0.4 is 16.7 Å². The highest BCUT2D eigenvalue weighted by Crippen LogP contribution is 2.15. The minimum Gasteiger partial charge on any atom is -0.354 e. The Morgan fingerprint density at radius 1 is 1.36 bits per heavy atom. The molecule has 0 aliphatic carbocycles. The maximum absolute atomic E-state index is 13.5. The van der Waals surface area contributed by atoms with E-state index in [1.54, 1.807) is 12.3 Å². The van der Waals surface area contributed by atoms with Gasteiger partial charge in [0, 0.05) is 6.54 Å². The van der Waals surface area contributed by atoms with Crippen LogP contribution in [0.25, 0.3) is 11.2 Å². The SMILES string of the molecule is Cc1ccc(F)cc1Cn1c(=O)[nH]c2cnc(NCCCCN)nc21. The minimum atomic E-state index is -0.328. The standard InChI is InChI=1S/C17H21FN6O/c1-11-4-5-13(18)8-12(11)10-24-15-14(22-17(24)25)9-21-16(23-15)20-7-3-2-6-19/h4-5,8-9H,2-3,6-7,10,19H2,1H3,(H,22,25)(H,20,21,23). The molecule has 0 saturated carbocycles. The largest absolute Gasteiger partial charge is 0.354 e. The molecular formula is C17H21FN6O. The molecule has 4 N–H and O–H groups in total. The van der Waals surface area contributed by atoms with Crippen molar-refractivity contribution in [2.24, 2.45) is 5.73 Å². The van der Waals surface area contributed by atoms with Gasteiger partial charge in [-0.05, 0) is 49.6 Å². The van der Waals surface area contributed by atoms with E-state index >= 15 is 0 Å². The highest BCUT2D eigenvalue weighted by Gasteiger charge is 2.12. The molecule has 132 valence electrons. The second-order valence-electron chi connectivity index (χ2n) is 5.94. The number of nitrogens with one attached hydrogen (secondary N) is 2. The Bertz CT molecular complexity index is 933. The van der Waals surface area contributed by atoms with Crippen LogP contribution in [0, 0.1) is 12.7 Å². The van der Waals surface area contributed by atoms with Crippen LogP contribution in [0.5, 0.6) is 0 Å². The van der Waals surface area contributed by atoms with Crippen LogP contribution >= 0.6 is 0 Å². The average Bonchev–Trinajstić information content (AvgIpc) is 2.90. The summed E-state index contributed by atoms with van der Waals surface area (Å²) in [7, 11) is 0. The van der Waals surface area contributed by atoms with Crippen molar-refractivity contribution in [1.82, 2.24) is 19.5 Å². The molecule has 2 aromatic heterocycles. The summed E-state index contributed by atoms with van der Waals surface area (Å²) in [5.41, 5.74) is 7.86. The van der Waals surface area contributed by atoms with Crippen molar-refractivity contribution in [1.29, 1.82) is 0 Å². The molecule has 7 nitrogen and oxygen atoms in total. The lowest BCUT2D eigenvalue weighted by molar-refractivity contribution is 0.622. The van der Waals surface area contributed by atoms with Crippen molar-refractivity contribution in [2.75, 3.05) is 18.4 Å². The number of benzene rings is 1. The number of nitrogens with two attached hydrogens (primary N) is 1. The van der Waals surface area contributed by atoms with Crippen LogP contribution in [0.2, 0.25) is 0 Å². The van der Waals surface area contributed by atoms with Crippen LogP contribution in [0.4, 0.5) is 10.3 Å². The maximum Gasteiger partial charge on any atom is 0.328 e. The summed E-state index contributed by atoms with van der Waals surface area (Å²) in [6, 6.07) is 4.54. The number of nitrogens with zero attached hydrogens (tertiary/aromatic N) is 3. The van der Waals surface area contributed by atoms with Crippen molar-refractivity contribution in [3.8, 4) is 0 Å². The minimum absolute atomic E-state index is 0.242. The number of aryl methyl sites for hydroxylation is 1. The van der Waals surface area contributed by atoms with Crippen molar-refractivity contribution in [3.63, 3.8) is 0 Å². The molecule has 0 amide bonds. The van der Waals surface area contributed by atoms with E-state index in [1.807, 2.05) is 6.92 Å². The zero-order chi connectivity index (χ0) is 17.8. The smallest absolute Gasteiger partial charge is 0.328 e. The fourth-order valence-electron chi connectivity index (χ4n) is 2.63. The van der Waals surface area contributed by atoms with E-state index < -0.39 is 0 Å². The number of unbranched alkanes of at least 4 members (excludes halogenated alkanes) is 1. The number of rotatable bonds is 7. The fourth-order valence-corrected chi connectivity index (χ4v) is 2.63. The second-order valence-corrected chi connectivity index (χ2v) is 5.94. The molecule has 0 atom stereocenters. The molecule has 0 unspecified atom stereocenters. The van der Waals surface area contributed by atoms with Crippen LogP contribution in [-0.2, 0) is 6.54 Å². The van der Waals surface area contributed by atoms with Gasteiger partial charge in [-0.25, -0.2) is 14.2 Å². The van der Waals surface area contributed by atoms with Gasteiger partial charge in [-0.15, -0.1) is 0 Å². The van der Waals surface area contributed by atoms with Gasteiger partial charge in [-0.3, -0.25) is 4.57 Å². The number of hydrogen-bond acceptors (Lipinski definition) is 5. The number of hydrogen-bond donors (Lipinski definition) is 3. The molecule has 0 bridgehead atoms. The Morgan fingerprint density at radius 3 is 3.00 bits per heavy atom. The summed E-state index contributed by atoms with van der Waals surface area (Å²) < 4.78 is 15.0. The Morgan fingerprint density at radius 2 is 2.20 bits per heavy atom. The summed E-state index contributed by atoms with van der Waals surface area (Å²) in [4.78, 5) is 23.6. The van der Waals surface area contributed by atoms with Gasteiger partial charge in [0.15, 0.2) is 5.65 Å². The number of halogens is 1. The normalized spacial score (nSPS) is 11.2. The second kappa shape index (κ2) is 7.43. The number of aromatic amines is 1. The van der Waals surface area contributed by atoms with Gasteiger partial charge in [-0.2, -0.15) is 4.98 Å². The molecule has 25 heavy (non-hydrogen) atoms. The average molecular weight is 344 g/mol. The molecule has 0 radical (unpaired) electrons. The highest BCUT2D eigenvalue weighted by atomic mass is 19.1. The van der Waals surface area contributed by atoms with Crippen LogP contribution in [0.3, 0.4) is 0 Å². The van der Waals surface area contributed by atoms with Gasteiger partial charge in [0.1, 0.15) is 11.3 Å². The molecule has 0 spiro atoms. The van der Waals surface area contributed by atoms with Crippen molar-refractivity contribution in [2.45, 2.75) is 26.3 Å². The molecule has 0 aliphatic heterocycles. The first kappa shape index (κ1) is 17.1. The highest BCUT2D eigenvalue weighted by molar-refractivity contribution is 5.71. The van der Waals surface area contributed by atoms with Gasteiger partial charge in [0.2, 0.25) is 5.95 Å². The summed E-state index contributed by atoms with van der Waals surface area (Å²) in [5.74, 6) is 0.124. The third kappa shape index (κ3) is 3.85. The van der Waals surface area contributed by atoms with Gasteiger partial charge in [0.05, 0.1) is 12.7 Å². The number of fused-ring (bicyclic) bond motifs is 1. The Balaban J connectivity index is 1.90. The quantitative estimate of drug-likeness (QED) is 0.567. The zero-order valence-corrected chi connectivity index (χ0v) is 14.1. The summed E-state index contributed by atoms with van der Waals surface area (Å²) in [5, 5.41) is 3.13. The molecule has 1 aromatic carbocycles. The molecule has 3 rings (SSSR count). The predicted octanol–water partition coefficient (Wildman–Crippen LogP) is 1.77. The molecular weight excluding hydrogens is 323 g/mol. The number of anilines is 1. The summed E-state index contributed by atoms with van der Waals surface area (Å²) in [6.45, 7) is 3.48. The number of H-pyrrole nitrogens is 1. The lowest BCUT2D eigenvalue weighted by Crippen LogP contribution is -2.18. The van der Waals surface area contributed by atoms with Crippen molar-refractivity contribution in [3.05, 3.63) is 51.8 Å². The molecule has 0 saturated heterocycles. The first-order valence-electron chi connectivity index (χ1n) is 8.23. The lowest BCUT2D eigenvalue weighted by atomic mass is 10.1. The topological polar surface area (TPSA) is 102 Å². The number of imidazole rings is 1. The van der Waals surface area contributed by atoms with Crippen LogP contribution in [0.1, 0.15) is 24.0 Å². The van der Waals surface area contributed by atoms with E-state index in [0.717, 1.165) is 24.0 Å². The molecule has 0 fully saturated rings. The monoisotopic (exact) mass is 344 g/mol. The fraction of sp³-hybridized carbons (Fsp3) is 0.353. The lowest BCUT2D eigenvalue weighted by Gasteiger charge is -2.08. The van der Waals surface area contributed by atoms with Crippen LogP contribution in [-0.4, -0.2) is 32.6 Å². The first-order valence-corrected chi connectivity index (χ1v) is 8.23. The Hall–Kier alpha value is -2.74. The number of aromatic nitrogens is 4. The molecule has 0 aliphatic rings. The van der Waals surface area contributed by atoms with E-state index in [1.165, 1.54) is 16.7 Å². The summed E-state index contributed by atoms with van der Waals surface area (Å²) >= 11 is 0. The maximum atomic E-state index is 13.5. The Kier molecular flexibility index (Phi) is 5.08. The predicted molar refractivity (Wildman–Crippen MR) is 95.2 cm³/mol. The van der Waals surface area contributed by atoms with Gasteiger partial charge >= 0.3 is 5.69 Å². The third-order valence-corrected chi connectivity index (χ3v) is 4.06.